The van der Waals surface area contributed by atoms with Crippen LogP contribution in [0.15, 0.2) is 103 Å². The zero-order chi connectivity index (χ0) is 34.4. The van der Waals surface area contributed by atoms with Crippen molar-refractivity contribution in [3.05, 3.63) is 131 Å². The molecule has 1 heterocycles. The summed E-state index contributed by atoms with van der Waals surface area (Å²) < 4.78 is 29.5. The molecule has 0 bridgehead atoms. The van der Waals surface area contributed by atoms with Gasteiger partial charge in [-0.2, -0.15) is 0 Å². The van der Waals surface area contributed by atoms with Crippen molar-refractivity contribution in [1.29, 1.82) is 0 Å². The van der Waals surface area contributed by atoms with Gasteiger partial charge in [-0.1, -0.05) is 54.6 Å². The molecule has 2 N–H and O–H groups in total. The molecule has 0 aromatic heterocycles. The molecule has 0 aliphatic carbocycles. The van der Waals surface area contributed by atoms with Crippen molar-refractivity contribution in [2.24, 2.45) is 0 Å². The van der Waals surface area contributed by atoms with E-state index >= 15 is 0 Å². The standard InChI is InChI=1S/C38H39NO10/c40-36(41)30-11-7-28(8-12-30)25-47-34-21-35(48-26-29-9-13-31(14-10-29)37(42)43)23-39(22-34)38(44)49-33-17-15-32(16-18-33)46-20-4-19-45-24-27-5-2-1-3-6-27/h1-3,5-18,34-35H,4,19-26H2,(H,40,41)(H,42,43). The van der Waals surface area contributed by atoms with Crippen molar-refractivity contribution >= 4 is 18.0 Å². The summed E-state index contributed by atoms with van der Waals surface area (Å²) >= 11 is 0. The Morgan fingerprint density at radius 3 is 1.65 bits per heavy atom. The number of aromatic carboxylic acids is 2. The first kappa shape index (κ1) is 35.1. The van der Waals surface area contributed by atoms with Crippen LogP contribution in [0.5, 0.6) is 11.5 Å². The Hall–Kier alpha value is -5.23. The van der Waals surface area contributed by atoms with Crippen LogP contribution < -0.4 is 9.47 Å². The average Bonchev–Trinajstić information content (AvgIpc) is 3.12. The number of piperidine rings is 1. The fraction of sp³-hybridized carbons (Fsp3) is 0.289. The third kappa shape index (κ3) is 11.2. The highest BCUT2D eigenvalue weighted by atomic mass is 16.6. The van der Waals surface area contributed by atoms with Crippen molar-refractivity contribution in [2.45, 2.75) is 44.9 Å². The summed E-state index contributed by atoms with van der Waals surface area (Å²) in [5.74, 6) is -1.00. The fourth-order valence-corrected chi connectivity index (χ4v) is 5.20. The summed E-state index contributed by atoms with van der Waals surface area (Å²) in [5, 5.41) is 18.3. The van der Waals surface area contributed by atoms with Crippen LogP contribution in [-0.2, 0) is 34.0 Å². The van der Waals surface area contributed by atoms with E-state index in [1.54, 1.807) is 53.4 Å². The number of carbonyl (C=O) groups is 3. The van der Waals surface area contributed by atoms with Gasteiger partial charge in [0.05, 0.1) is 69.5 Å². The number of carbonyl (C=O) groups excluding carboxylic acids is 1. The Bertz CT molecular complexity index is 1570. The molecular formula is C38H39NO10. The van der Waals surface area contributed by atoms with E-state index in [4.69, 9.17) is 33.9 Å². The topological polar surface area (TPSA) is 141 Å². The Kier molecular flexibility index (Phi) is 12.7. The molecule has 11 nitrogen and oxygen atoms in total. The maximum Gasteiger partial charge on any atom is 0.415 e. The molecule has 11 heteroatoms. The summed E-state index contributed by atoms with van der Waals surface area (Å²) in [5.41, 5.74) is 3.08. The lowest BCUT2D eigenvalue weighted by Gasteiger charge is -2.36. The first-order valence-corrected chi connectivity index (χ1v) is 16.0. The van der Waals surface area contributed by atoms with E-state index in [2.05, 4.69) is 0 Å². The number of nitrogens with zero attached hydrogens (tertiary/aromatic N) is 1. The lowest BCUT2D eigenvalue weighted by Crippen LogP contribution is -2.50. The largest absolute Gasteiger partial charge is 0.494 e. The predicted molar refractivity (Wildman–Crippen MR) is 179 cm³/mol. The summed E-state index contributed by atoms with van der Waals surface area (Å²) in [6.07, 6.45) is -0.0814. The van der Waals surface area contributed by atoms with E-state index < -0.39 is 18.0 Å². The quantitative estimate of drug-likeness (QED) is 0.128. The number of rotatable bonds is 16. The van der Waals surface area contributed by atoms with Crippen molar-refractivity contribution in [1.82, 2.24) is 4.90 Å². The van der Waals surface area contributed by atoms with E-state index in [0.29, 0.717) is 37.7 Å². The van der Waals surface area contributed by atoms with Gasteiger partial charge >= 0.3 is 18.0 Å². The van der Waals surface area contributed by atoms with Gasteiger partial charge in [0.1, 0.15) is 11.5 Å². The second-order valence-corrected chi connectivity index (χ2v) is 11.6. The highest BCUT2D eigenvalue weighted by molar-refractivity contribution is 5.88. The van der Waals surface area contributed by atoms with Crippen LogP contribution in [0.3, 0.4) is 0 Å². The van der Waals surface area contributed by atoms with Crippen LogP contribution in [0.2, 0.25) is 0 Å². The second-order valence-electron chi connectivity index (χ2n) is 11.6. The maximum atomic E-state index is 13.3. The van der Waals surface area contributed by atoms with Gasteiger partial charge < -0.3 is 38.8 Å². The second kappa shape index (κ2) is 17.8. The number of hydrogen-bond donors (Lipinski definition) is 2. The molecule has 2 atom stereocenters. The van der Waals surface area contributed by atoms with Crippen LogP contribution in [0.25, 0.3) is 0 Å². The van der Waals surface area contributed by atoms with Gasteiger partial charge in [0, 0.05) is 12.8 Å². The number of benzene rings is 4. The third-order valence-electron chi connectivity index (χ3n) is 7.85. The molecule has 1 fully saturated rings. The number of likely N-dealkylation sites (tertiary alicyclic amines) is 1. The predicted octanol–water partition coefficient (Wildman–Crippen LogP) is 6.44. The lowest BCUT2D eigenvalue weighted by molar-refractivity contribution is -0.0760. The first-order valence-electron chi connectivity index (χ1n) is 16.0. The molecule has 49 heavy (non-hydrogen) atoms. The van der Waals surface area contributed by atoms with Gasteiger partial charge in [-0.15, -0.1) is 0 Å². The maximum absolute atomic E-state index is 13.3. The van der Waals surface area contributed by atoms with Crippen LogP contribution in [-0.4, -0.2) is 71.7 Å². The molecule has 4 aromatic carbocycles. The van der Waals surface area contributed by atoms with Gasteiger partial charge in [-0.05, 0) is 65.2 Å². The van der Waals surface area contributed by atoms with Gasteiger partial charge in [0.2, 0.25) is 0 Å². The lowest BCUT2D eigenvalue weighted by atomic mass is 10.1. The first-order chi connectivity index (χ1) is 23.8. The molecule has 0 radical (unpaired) electrons. The van der Waals surface area contributed by atoms with Crippen LogP contribution in [0.1, 0.15) is 50.2 Å². The summed E-state index contributed by atoms with van der Waals surface area (Å²) in [4.78, 5) is 37.2. The zero-order valence-electron chi connectivity index (χ0n) is 26.9. The SMILES string of the molecule is O=C(O)c1ccc(COC2CC(OCc3ccc(C(=O)O)cc3)CN(C(=O)Oc3ccc(OCCCOCc4ccccc4)cc3)C2)cc1. The van der Waals surface area contributed by atoms with Crippen LogP contribution in [0.4, 0.5) is 4.79 Å². The normalized spacial score (nSPS) is 15.8. The minimum Gasteiger partial charge on any atom is -0.494 e. The molecule has 1 aliphatic rings. The molecule has 1 amide bonds. The minimum atomic E-state index is -1.01. The number of ether oxygens (including phenoxy) is 5. The molecule has 2 unspecified atom stereocenters. The zero-order valence-corrected chi connectivity index (χ0v) is 26.9. The summed E-state index contributed by atoms with van der Waals surface area (Å²) in [6, 6.07) is 29.7. The highest BCUT2D eigenvalue weighted by Gasteiger charge is 2.32. The Labute approximate surface area is 284 Å². The number of hydrogen-bond acceptors (Lipinski definition) is 8. The average molecular weight is 670 g/mol. The van der Waals surface area contributed by atoms with E-state index in [0.717, 1.165) is 23.1 Å². The molecule has 256 valence electrons. The van der Waals surface area contributed by atoms with Crippen molar-refractivity contribution < 1.29 is 48.3 Å². The van der Waals surface area contributed by atoms with Gasteiger partial charge in [0.25, 0.3) is 0 Å². The minimum absolute atomic E-state index is 0.184. The number of amides is 1. The van der Waals surface area contributed by atoms with Crippen molar-refractivity contribution in [3.8, 4) is 11.5 Å². The third-order valence-corrected chi connectivity index (χ3v) is 7.85. The summed E-state index contributed by atoms with van der Waals surface area (Å²) in [6.45, 7) is 2.60. The Morgan fingerprint density at radius 1 is 0.612 bits per heavy atom. The van der Waals surface area contributed by atoms with Gasteiger partial charge in [-0.25, -0.2) is 14.4 Å². The number of carboxylic acid groups (broad SMARTS) is 2. The van der Waals surface area contributed by atoms with Gasteiger partial charge in [0.15, 0.2) is 0 Å². The molecule has 0 saturated carbocycles. The molecular weight excluding hydrogens is 630 g/mol. The van der Waals surface area contributed by atoms with Crippen LogP contribution >= 0.6 is 0 Å². The van der Waals surface area contributed by atoms with E-state index in [9.17, 15) is 14.4 Å². The molecule has 1 aliphatic heterocycles. The number of carboxylic acids is 2. The monoisotopic (exact) mass is 669 g/mol. The van der Waals surface area contributed by atoms with E-state index in [1.165, 1.54) is 24.3 Å². The Balaban J connectivity index is 1.12. The Morgan fingerprint density at radius 2 is 1.12 bits per heavy atom. The van der Waals surface area contributed by atoms with Crippen LogP contribution in [0, 0.1) is 0 Å². The smallest absolute Gasteiger partial charge is 0.415 e. The summed E-state index contributed by atoms with van der Waals surface area (Å²) in [7, 11) is 0. The van der Waals surface area contributed by atoms with Crippen molar-refractivity contribution in [2.75, 3.05) is 26.3 Å². The van der Waals surface area contributed by atoms with Crippen molar-refractivity contribution in [3.63, 3.8) is 0 Å². The molecule has 1 saturated heterocycles. The van der Waals surface area contributed by atoms with Gasteiger partial charge in [-0.3, -0.25) is 0 Å². The molecule has 0 spiro atoms. The van der Waals surface area contributed by atoms with E-state index in [1.807, 2.05) is 30.3 Å². The molecule has 4 aromatic rings. The molecule has 5 rings (SSSR count). The fourth-order valence-electron chi connectivity index (χ4n) is 5.20. The van der Waals surface area contributed by atoms with E-state index in [-0.39, 0.29) is 49.6 Å². The highest BCUT2D eigenvalue weighted by Crippen LogP contribution is 2.23.